The largest absolute Gasteiger partial charge is 0.440 e. The molecule has 0 fully saturated rings. The fraction of sp³-hybridized carbons (Fsp3) is 0.375. The van der Waals surface area contributed by atoms with Gasteiger partial charge in [-0.2, -0.15) is 13.2 Å². The molecule has 1 N–H and O–H groups in total. The van der Waals surface area contributed by atoms with Crippen molar-refractivity contribution >= 4 is 5.69 Å². The van der Waals surface area contributed by atoms with Crippen LogP contribution in [0.15, 0.2) is 6.20 Å². The summed E-state index contributed by atoms with van der Waals surface area (Å²) >= 11 is 0. The molecule has 1 aromatic rings. The fourth-order valence-corrected chi connectivity index (χ4v) is 1.31. The quantitative estimate of drug-likeness (QED) is 0.521. The lowest BCUT2D eigenvalue weighted by molar-refractivity contribution is -0.390. The zero-order valence-corrected chi connectivity index (χ0v) is 8.41. The van der Waals surface area contributed by atoms with Crippen LogP contribution in [0.25, 0.3) is 0 Å². The number of pyridine rings is 1. The maximum atomic E-state index is 12.6. The molecule has 0 bridgehead atoms. The number of hydrogen-bond donors (Lipinski definition) is 1. The number of nitrogens with zero attached hydrogens (tertiary/aromatic N) is 2. The molecule has 1 aromatic heterocycles. The van der Waals surface area contributed by atoms with Gasteiger partial charge < -0.3 is 5.11 Å². The molecule has 1 rings (SSSR count). The third-order valence-corrected chi connectivity index (χ3v) is 2.01. The molecular weight excluding hydrogens is 267 g/mol. The highest BCUT2D eigenvalue weighted by molar-refractivity contribution is 5.50. The van der Waals surface area contributed by atoms with E-state index in [1.807, 2.05) is 0 Å². The van der Waals surface area contributed by atoms with Crippen molar-refractivity contribution in [3.8, 4) is 0 Å². The Morgan fingerprint density at radius 2 is 2.00 bits per heavy atom. The molecule has 0 aliphatic rings. The summed E-state index contributed by atoms with van der Waals surface area (Å²) in [6.45, 7) is -1.08. The molecule has 0 saturated carbocycles. The molecule has 0 spiro atoms. The molecule has 0 aromatic carbocycles. The lowest BCUT2D eigenvalue weighted by Gasteiger charge is -2.12. The molecule has 5 nitrogen and oxygen atoms in total. The van der Waals surface area contributed by atoms with Crippen LogP contribution in [0.3, 0.4) is 0 Å². The van der Waals surface area contributed by atoms with Gasteiger partial charge in [0.05, 0.1) is 11.5 Å². The molecular formula is C8H5F5N2O3. The van der Waals surface area contributed by atoms with E-state index in [1.54, 1.807) is 0 Å². The minimum Gasteiger partial charge on any atom is -0.392 e. The predicted octanol–water partition coefficient (Wildman–Crippen LogP) is 2.44. The predicted molar refractivity (Wildman–Crippen MR) is 46.8 cm³/mol. The van der Waals surface area contributed by atoms with Crippen molar-refractivity contribution in [2.75, 3.05) is 0 Å². The van der Waals surface area contributed by atoms with E-state index in [0.717, 1.165) is 0 Å². The monoisotopic (exact) mass is 272 g/mol. The molecule has 0 atom stereocenters. The molecule has 0 saturated heterocycles. The minimum atomic E-state index is -5.24. The Morgan fingerprint density at radius 1 is 1.44 bits per heavy atom. The maximum Gasteiger partial charge on any atom is 0.440 e. The highest BCUT2D eigenvalue weighted by atomic mass is 19.4. The average Bonchev–Trinajstić information content (AvgIpc) is 2.25. The number of alkyl halides is 5. The van der Waals surface area contributed by atoms with E-state index in [0.29, 0.717) is 6.20 Å². The van der Waals surface area contributed by atoms with Crippen LogP contribution in [0.2, 0.25) is 0 Å². The smallest absolute Gasteiger partial charge is 0.392 e. The Kier molecular flexibility index (Phi) is 3.79. The second kappa shape index (κ2) is 4.80. The van der Waals surface area contributed by atoms with Crippen LogP contribution in [0, 0.1) is 10.1 Å². The number of halogens is 5. The van der Waals surface area contributed by atoms with Gasteiger partial charge in [0, 0.05) is 11.8 Å². The lowest BCUT2D eigenvalue weighted by Crippen LogP contribution is -2.15. The topological polar surface area (TPSA) is 76.3 Å². The van der Waals surface area contributed by atoms with Gasteiger partial charge in [0.2, 0.25) is 5.69 Å². The highest BCUT2D eigenvalue weighted by Crippen LogP contribution is 2.40. The van der Waals surface area contributed by atoms with Crippen molar-refractivity contribution in [3.63, 3.8) is 0 Å². The van der Waals surface area contributed by atoms with Crippen LogP contribution >= 0.6 is 0 Å². The van der Waals surface area contributed by atoms with Gasteiger partial charge in [-0.1, -0.05) is 0 Å². The zero-order chi connectivity index (χ0) is 14.1. The molecule has 18 heavy (non-hydrogen) atoms. The Balaban J connectivity index is 3.68. The second-order valence-electron chi connectivity index (χ2n) is 3.11. The molecule has 100 valence electrons. The number of aliphatic hydroxyl groups is 1. The molecule has 0 radical (unpaired) electrons. The van der Waals surface area contributed by atoms with Crippen molar-refractivity contribution in [2.24, 2.45) is 0 Å². The standard InChI is InChI=1S/C8H5F5N2O3/c9-7(10)4-3(2-16)1-14-6(8(11,12)13)5(4)15(17)18/h1,7,16H,2H2. The van der Waals surface area contributed by atoms with Crippen molar-refractivity contribution in [1.29, 1.82) is 0 Å². The Morgan fingerprint density at radius 3 is 2.33 bits per heavy atom. The van der Waals surface area contributed by atoms with Crippen LogP contribution in [0.1, 0.15) is 23.2 Å². The van der Waals surface area contributed by atoms with Crippen molar-refractivity contribution in [1.82, 2.24) is 4.98 Å². The van der Waals surface area contributed by atoms with E-state index >= 15 is 0 Å². The first-order chi connectivity index (χ1) is 8.20. The highest BCUT2D eigenvalue weighted by Gasteiger charge is 2.44. The van der Waals surface area contributed by atoms with E-state index in [9.17, 15) is 32.1 Å². The van der Waals surface area contributed by atoms with Gasteiger partial charge in [0.1, 0.15) is 5.56 Å². The summed E-state index contributed by atoms with van der Waals surface area (Å²) in [5.41, 5.74) is -6.03. The number of aromatic nitrogens is 1. The Labute approximate surface area is 96.0 Å². The van der Waals surface area contributed by atoms with E-state index in [-0.39, 0.29) is 0 Å². The third kappa shape index (κ3) is 2.53. The van der Waals surface area contributed by atoms with E-state index in [1.165, 1.54) is 0 Å². The molecule has 0 unspecified atom stereocenters. The molecule has 0 amide bonds. The number of rotatable bonds is 3. The lowest BCUT2D eigenvalue weighted by atomic mass is 10.1. The SMILES string of the molecule is O=[N+]([O-])c1c(C(F)(F)F)ncc(CO)c1C(F)F. The molecule has 0 aliphatic heterocycles. The van der Waals surface area contributed by atoms with Gasteiger partial charge in [0.25, 0.3) is 6.43 Å². The summed E-state index contributed by atoms with van der Waals surface area (Å²) in [5.74, 6) is 0. The van der Waals surface area contributed by atoms with Crippen molar-refractivity contribution in [3.05, 3.63) is 33.1 Å². The first kappa shape index (κ1) is 14.2. The minimum absolute atomic E-state index is 0.345. The van der Waals surface area contributed by atoms with Crippen LogP contribution in [0.5, 0.6) is 0 Å². The second-order valence-corrected chi connectivity index (χ2v) is 3.11. The summed E-state index contributed by atoms with van der Waals surface area (Å²) < 4.78 is 62.4. The van der Waals surface area contributed by atoms with Crippen LogP contribution in [-0.4, -0.2) is 15.0 Å². The molecule has 1 heterocycles. The van der Waals surface area contributed by atoms with Crippen molar-refractivity contribution < 1.29 is 32.0 Å². The van der Waals surface area contributed by atoms with E-state index in [2.05, 4.69) is 4.98 Å². The van der Waals surface area contributed by atoms with Crippen LogP contribution in [0.4, 0.5) is 27.6 Å². The van der Waals surface area contributed by atoms with Gasteiger partial charge in [-0.05, 0) is 0 Å². The van der Waals surface area contributed by atoms with Crippen LogP contribution in [-0.2, 0) is 12.8 Å². The van der Waals surface area contributed by atoms with Gasteiger partial charge in [-0.25, -0.2) is 13.8 Å². The summed E-state index contributed by atoms with van der Waals surface area (Å²) in [4.78, 5) is 11.7. The van der Waals surface area contributed by atoms with Gasteiger partial charge in [0.15, 0.2) is 0 Å². The van der Waals surface area contributed by atoms with E-state index in [4.69, 9.17) is 5.11 Å². The van der Waals surface area contributed by atoms with Crippen LogP contribution < -0.4 is 0 Å². The van der Waals surface area contributed by atoms with Gasteiger partial charge in [-0.3, -0.25) is 10.1 Å². The van der Waals surface area contributed by atoms with Crippen molar-refractivity contribution in [2.45, 2.75) is 19.2 Å². The number of hydrogen-bond acceptors (Lipinski definition) is 4. The number of aliphatic hydroxyl groups excluding tert-OH is 1. The normalized spacial score (nSPS) is 11.9. The third-order valence-electron chi connectivity index (χ3n) is 2.01. The Hall–Kier alpha value is -1.84. The summed E-state index contributed by atoms with van der Waals surface area (Å²) in [7, 11) is 0. The summed E-state index contributed by atoms with van der Waals surface area (Å²) in [6.07, 6.45) is -8.42. The fourth-order valence-electron chi connectivity index (χ4n) is 1.31. The molecule has 10 heteroatoms. The number of nitro groups is 1. The van der Waals surface area contributed by atoms with E-state index < -0.39 is 46.6 Å². The maximum absolute atomic E-state index is 12.6. The first-order valence-electron chi connectivity index (χ1n) is 4.32. The molecule has 0 aliphatic carbocycles. The average molecular weight is 272 g/mol. The first-order valence-corrected chi connectivity index (χ1v) is 4.32. The summed E-state index contributed by atoms with van der Waals surface area (Å²) in [6, 6.07) is 0. The Bertz CT molecular complexity index is 475. The summed E-state index contributed by atoms with van der Waals surface area (Å²) in [5, 5.41) is 19.2. The van der Waals surface area contributed by atoms with Gasteiger partial charge >= 0.3 is 11.9 Å². The van der Waals surface area contributed by atoms with Gasteiger partial charge in [-0.15, -0.1) is 0 Å². The zero-order valence-electron chi connectivity index (χ0n) is 8.41.